The van der Waals surface area contributed by atoms with E-state index in [2.05, 4.69) is 28.8 Å². The smallest absolute Gasteiger partial charge is 0.321 e. The highest BCUT2D eigenvalue weighted by Gasteiger charge is 2.26. The summed E-state index contributed by atoms with van der Waals surface area (Å²) < 4.78 is 5.57. The zero-order chi connectivity index (χ0) is 18.5. The fraction of sp³-hybridized carbons (Fsp3) is 0.579. The number of amides is 3. The summed E-state index contributed by atoms with van der Waals surface area (Å²) in [5.41, 5.74) is 2.68. The van der Waals surface area contributed by atoms with E-state index in [1.807, 2.05) is 13.8 Å². The van der Waals surface area contributed by atoms with Gasteiger partial charge in [0, 0.05) is 18.0 Å². The van der Waals surface area contributed by atoms with E-state index >= 15 is 0 Å². The minimum atomic E-state index is -0.408. The number of carbonyl (C=O) groups is 2. The second-order valence-corrected chi connectivity index (χ2v) is 7.57. The summed E-state index contributed by atoms with van der Waals surface area (Å²) in [6.45, 7) is 9.87. The van der Waals surface area contributed by atoms with Gasteiger partial charge in [-0.1, -0.05) is 0 Å². The van der Waals surface area contributed by atoms with Crippen molar-refractivity contribution in [3.8, 4) is 5.75 Å². The molecule has 1 saturated heterocycles. The highest BCUT2D eigenvalue weighted by atomic mass is 16.5. The van der Waals surface area contributed by atoms with Crippen LogP contribution in [0, 0.1) is 0 Å². The Morgan fingerprint density at radius 3 is 2.62 bits per heavy atom. The van der Waals surface area contributed by atoms with E-state index in [1.54, 1.807) is 4.90 Å². The topological polar surface area (TPSA) is 76.3 Å². The van der Waals surface area contributed by atoms with Gasteiger partial charge in [0.25, 0.3) is 5.91 Å². The van der Waals surface area contributed by atoms with E-state index in [4.69, 9.17) is 4.74 Å². The van der Waals surface area contributed by atoms with Crippen LogP contribution in [0.25, 0.3) is 0 Å². The lowest BCUT2D eigenvalue weighted by Crippen LogP contribution is -3.28. The van der Waals surface area contributed by atoms with Crippen LogP contribution >= 0.6 is 0 Å². The number of fused-ring (bicyclic) bond motifs is 1. The molecule has 0 unspecified atom stereocenters. The van der Waals surface area contributed by atoms with Gasteiger partial charge in [-0.15, -0.1) is 0 Å². The van der Waals surface area contributed by atoms with E-state index in [9.17, 15) is 9.59 Å². The lowest BCUT2D eigenvalue weighted by atomic mass is 10.1. The van der Waals surface area contributed by atoms with Crippen molar-refractivity contribution in [2.24, 2.45) is 0 Å². The van der Waals surface area contributed by atoms with Crippen molar-refractivity contribution in [1.29, 1.82) is 0 Å². The van der Waals surface area contributed by atoms with E-state index < -0.39 is 6.03 Å². The molecule has 142 valence electrons. The molecule has 0 saturated carbocycles. The molecule has 1 aromatic rings. The molecule has 3 amide bonds. The second-order valence-electron chi connectivity index (χ2n) is 7.57. The Hall–Kier alpha value is -2.12. The van der Waals surface area contributed by atoms with Crippen molar-refractivity contribution in [2.45, 2.75) is 32.9 Å². The van der Waals surface area contributed by atoms with Crippen molar-refractivity contribution in [3.05, 3.63) is 29.3 Å². The van der Waals surface area contributed by atoms with Crippen molar-refractivity contribution in [1.82, 2.24) is 10.6 Å². The molecule has 2 aliphatic heterocycles. The number of piperazine rings is 1. The highest BCUT2D eigenvalue weighted by Crippen LogP contribution is 2.25. The fourth-order valence-electron chi connectivity index (χ4n) is 3.65. The largest absolute Gasteiger partial charge is 0.493 e. The van der Waals surface area contributed by atoms with Crippen LogP contribution in [0.15, 0.2) is 18.2 Å². The zero-order valence-electron chi connectivity index (χ0n) is 15.7. The van der Waals surface area contributed by atoms with E-state index in [0.29, 0.717) is 6.54 Å². The number of nitrogens with one attached hydrogen (secondary N) is 4. The third kappa shape index (κ3) is 5.19. The molecule has 7 nitrogen and oxygen atoms in total. The molecule has 0 spiro atoms. The minimum Gasteiger partial charge on any atom is -0.493 e. The number of rotatable bonds is 5. The van der Waals surface area contributed by atoms with Gasteiger partial charge in [-0.05, 0) is 37.6 Å². The highest BCUT2D eigenvalue weighted by molar-refractivity contribution is 5.94. The summed E-state index contributed by atoms with van der Waals surface area (Å²) in [5.74, 6) is 0.825. The zero-order valence-corrected chi connectivity index (χ0v) is 15.7. The third-order valence-corrected chi connectivity index (χ3v) is 4.96. The number of ether oxygens (including phenoxy) is 1. The Kier molecular flexibility index (Phi) is 6.11. The van der Waals surface area contributed by atoms with Gasteiger partial charge < -0.3 is 19.9 Å². The molecule has 1 aromatic carbocycles. The van der Waals surface area contributed by atoms with Gasteiger partial charge in [-0.25, -0.2) is 4.79 Å². The summed E-state index contributed by atoms with van der Waals surface area (Å²) in [7, 11) is 0. The van der Waals surface area contributed by atoms with Crippen LogP contribution < -0.4 is 25.2 Å². The maximum atomic E-state index is 12.0. The minimum absolute atomic E-state index is 0.0214. The molecule has 0 radical (unpaired) electrons. The first-order chi connectivity index (χ1) is 12.5. The van der Waals surface area contributed by atoms with Crippen LogP contribution in [-0.2, 0) is 17.8 Å². The number of hydrogen-bond acceptors (Lipinski definition) is 3. The molecule has 4 N–H and O–H groups in total. The first-order valence-electron chi connectivity index (χ1n) is 9.51. The molecule has 0 atom stereocenters. The summed E-state index contributed by atoms with van der Waals surface area (Å²) >= 11 is 0. The van der Waals surface area contributed by atoms with E-state index in [0.717, 1.165) is 51.5 Å². The molecular weight excluding hydrogens is 332 g/mol. The van der Waals surface area contributed by atoms with Crippen molar-refractivity contribution >= 4 is 11.9 Å². The van der Waals surface area contributed by atoms with Crippen LogP contribution in [0.3, 0.4) is 0 Å². The molecule has 2 heterocycles. The molecule has 0 aliphatic carbocycles. The molecular formula is C19H30N4O3+2. The van der Waals surface area contributed by atoms with Crippen LogP contribution in [0.1, 0.15) is 25.0 Å². The van der Waals surface area contributed by atoms with Crippen LogP contribution in [-0.4, -0.2) is 57.3 Å². The average Bonchev–Trinajstić information content (AvgIpc) is 3.03. The predicted molar refractivity (Wildman–Crippen MR) is 97.4 cm³/mol. The number of urea groups is 1. The van der Waals surface area contributed by atoms with Crippen LogP contribution in [0.4, 0.5) is 4.79 Å². The molecule has 1 fully saturated rings. The van der Waals surface area contributed by atoms with E-state index in [-0.39, 0.29) is 11.9 Å². The molecule has 0 aromatic heterocycles. The second kappa shape index (κ2) is 8.51. The number of quaternary nitrogens is 2. The molecule has 26 heavy (non-hydrogen) atoms. The van der Waals surface area contributed by atoms with Crippen LogP contribution in [0.5, 0.6) is 5.75 Å². The van der Waals surface area contributed by atoms with Gasteiger partial charge in [0.15, 0.2) is 6.54 Å². The van der Waals surface area contributed by atoms with Gasteiger partial charge >= 0.3 is 6.03 Å². The number of imide groups is 1. The van der Waals surface area contributed by atoms with Gasteiger partial charge in [-0.2, -0.15) is 0 Å². The monoisotopic (exact) mass is 362 g/mol. The summed E-state index contributed by atoms with van der Waals surface area (Å²) in [5, 5.41) is 5.07. The number of hydrogen-bond donors (Lipinski definition) is 4. The lowest BCUT2D eigenvalue weighted by Gasteiger charge is -2.29. The first-order valence-corrected chi connectivity index (χ1v) is 9.51. The summed E-state index contributed by atoms with van der Waals surface area (Å²) in [4.78, 5) is 26.3. The standard InChI is InChI=1S/C19H28N4O3/c1-14(2)20-19(25)21-18(24)13-23-8-6-22(7-9-23)12-15-3-4-17-16(11-15)5-10-26-17/h3-4,11,14H,5-10,12-13H2,1-2H3,(H2,20,21,24,25)/p+2. The van der Waals surface area contributed by atoms with Gasteiger partial charge in [-0.3, -0.25) is 10.1 Å². The summed E-state index contributed by atoms with van der Waals surface area (Å²) in [6, 6.07) is 6.14. The lowest BCUT2D eigenvalue weighted by molar-refractivity contribution is -1.02. The van der Waals surface area contributed by atoms with Gasteiger partial charge in [0.2, 0.25) is 0 Å². The normalized spacial score (nSPS) is 21.8. The first kappa shape index (κ1) is 18.7. The van der Waals surface area contributed by atoms with Gasteiger partial charge in [0.05, 0.1) is 6.61 Å². The molecule has 3 rings (SSSR count). The van der Waals surface area contributed by atoms with Gasteiger partial charge in [0.1, 0.15) is 38.5 Å². The SMILES string of the molecule is CC(C)NC(=O)NC(=O)C[NH+]1CC[NH+](Cc2ccc3c(c2)CCO3)CC1. The molecule has 0 bridgehead atoms. The Labute approximate surface area is 154 Å². The Balaban J connectivity index is 1.40. The Bertz CT molecular complexity index is 654. The average molecular weight is 362 g/mol. The number of benzene rings is 1. The van der Waals surface area contributed by atoms with Crippen molar-refractivity contribution < 1.29 is 24.1 Å². The number of carbonyl (C=O) groups excluding carboxylic acids is 2. The maximum Gasteiger partial charge on any atom is 0.321 e. The molecule has 2 aliphatic rings. The van der Waals surface area contributed by atoms with Crippen molar-refractivity contribution in [2.75, 3.05) is 39.3 Å². The summed E-state index contributed by atoms with van der Waals surface area (Å²) in [6.07, 6.45) is 1.01. The van der Waals surface area contributed by atoms with E-state index in [1.165, 1.54) is 16.0 Å². The Morgan fingerprint density at radius 2 is 1.88 bits per heavy atom. The molecule has 7 heteroatoms. The fourth-order valence-corrected chi connectivity index (χ4v) is 3.65. The maximum absolute atomic E-state index is 12.0. The van der Waals surface area contributed by atoms with Crippen molar-refractivity contribution in [3.63, 3.8) is 0 Å². The Morgan fingerprint density at radius 1 is 1.15 bits per heavy atom. The quantitative estimate of drug-likeness (QED) is 0.496. The third-order valence-electron chi connectivity index (χ3n) is 4.96. The predicted octanol–water partition coefficient (Wildman–Crippen LogP) is -1.86. The van der Waals surface area contributed by atoms with Crippen LogP contribution in [0.2, 0.25) is 0 Å².